The van der Waals surface area contributed by atoms with E-state index in [-0.39, 0.29) is 23.5 Å². The lowest BCUT2D eigenvalue weighted by Crippen LogP contribution is -2.26. The van der Waals surface area contributed by atoms with Crippen molar-refractivity contribution in [3.05, 3.63) is 124 Å². The van der Waals surface area contributed by atoms with Crippen LogP contribution in [0.25, 0.3) is 0 Å². The van der Waals surface area contributed by atoms with Crippen molar-refractivity contribution in [1.29, 1.82) is 0 Å². The first-order chi connectivity index (χ1) is 19.2. The van der Waals surface area contributed by atoms with E-state index in [4.69, 9.17) is 28.1 Å². The summed E-state index contributed by atoms with van der Waals surface area (Å²) < 4.78 is 36.0. The summed E-state index contributed by atoms with van der Waals surface area (Å²) >= 11 is 0. The highest BCUT2D eigenvalue weighted by Gasteiger charge is 2.29. The molecule has 7 heteroatoms. The summed E-state index contributed by atoms with van der Waals surface area (Å²) in [5, 5.41) is 0. The van der Waals surface area contributed by atoms with Crippen LogP contribution in [0, 0.1) is 0 Å². The van der Waals surface area contributed by atoms with Crippen LogP contribution >= 0.6 is 0 Å². The van der Waals surface area contributed by atoms with Crippen LogP contribution in [-0.4, -0.2) is 20.0 Å². The van der Waals surface area contributed by atoms with E-state index >= 15 is 0 Å². The standard InChI is InChI=1S/C32H32O7/c1-34-28-20-25(15-16-27(28)37-21-23-10-4-2-5-11-23)30(39-29-14-8-9-18-35-29)32-31(26(33)17-19-36-32)38-22-24-12-6-3-7-13-24/h2-7,10-13,15-17,19-20,29-30H,8-9,14,18,21-22H2,1H3. The SMILES string of the molecule is COc1cc(C(OC2CCCCO2)c2occc(=O)c2OCc2ccccc2)ccc1OCc1ccccc1. The van der Waals surface area contributed by atoms with Crippen LogP contribution in [0.15, 0.2) is 100 Å². The first kappa shape index (κ1) is 26.5. The number of ether oxygens (including phenoxy) is 5. The molecule has 3 aromatic carbocycles. The Hall–Kier alpha value is -4.07. The van der Waals surface area contributed by atoms with Crippen molar-refractivity contribution in [3.8, 4) is 17.2 Å². The predicted octanol–water partition coefficient (Wildman–Crippen LogP) is 6.44. The second-order valence-corrected chi connectivity index (χ2v) is 9.25. The molecule has 5 rings (SSSR count). The lowest BCUT2D eigenvalue weighted by Gasteiger charge is -2.28. The zero-order valence-electron chi connectivity index (χ0n) is 21.9. The van der Waals surface area contributed by atoms with Crippen molar-refractivity contribution in [1.82, 2.24) is 0 Å². The van der Waals surface area contributed by atoms with Gasteiger partial charge in [0, 0.05) is 12.7 Å². The number of methoxy groups -OCH3 is 1. The largest absolute Gasteiger partial charge is 0.493 e. The fourth-order valence-electron chi connectivity index (χ4n) is 4.44. The lowest BCUT2D eigenvalue weighted by atomic mass is 10.0. The molecule has 0 saturated carbocycles. The minimum atomic E-state index is -0.773. The molecule has 0 N–H and O–H groups in total. The van der Waals surface area contributed by atoms with Crippen LogP contribution < -0.4 is 19.6 Å². The molecule has 1 aliphatic rings. The Bertz CT molecular complexity index is 1380. The molecule has 39 heavy (non-hydrogen) atoms. The molecule has 1 aromatic heterocycles. The number of rotatable bonds is 11. The molecule has 202 valence electrons. The monoisotopic (exact) mass is 528 g/mol. The number of hydrogen-bond acceptors (Lipinski definition) is 7. The summed E-state index contributed by atoms with van der Waals surface area (Å²) in [6.45, 7) is 1.23. The van der Waals surface area contributed by atoms with E-state index in [1.165, 1.54) is 12.3 Å². The van der Waals surface area contributed by atoms with Crippen molar-refractivity contribution in [2.24, 2.45) is 0 Å². The molecular weight excluding hydrogens is 496 g/mol. The van der Waals surface area contributed by atoms with E-state index in [1.54, 1.807) is 7.11 Å². The molecule has 2 unspecified atom stereocenters. The fraction of sp³-hybridized carbons (Fsp3) is 0.281. The van der Waals surface area contributed by atoms with Crippen LogP contribution in [-0.2, 0) is 22.7 Å². The third-order valence-electron chi connectivity index (χ3n) is 6.48. The molecule has 2 heterocycles. The highest BCUT2D eigenvalue weighted by atomic mass is 16.7. The van der Waals surface area contributed by atoms with Gasteiger partial charge < -0.3 is 28.1 Å². The van der Waals surface area contributed by atoms with Gasteiger partial charge in [0.25, 0.3) is 0 Å². The maximum absolute atomic E-state index is 13.0. The molecule has 0 radical (unpaired) electrons. The second kappa shape index (κ2) is 13.1. The normalized spacial score (nSPS) is 15.9. The maximum Gasteiger partial charge on any atom is 0.227 e. The van der Waals surface area contributed by atoms with E-state index in [2.05, 4.69) is 0 Å². The summed E-state index contributed by atoms with van der Waals surface area (Å²) in [5.41, 5.74) is 2.40. The topological polar surface area (TPSA) is 76.4 Å². The molecule has 0 amide bonds. The van der Waals surface area contributed by atoms with E-state index < -0.39 is 12.4 Å². The van der Waals surface area contributed by atoms with Gasteiger partial charge in [0.1, 0.15) is 19.3 Å². The molecular formula is C32H32O7. The second-order valence-electron chi connectivity index (χ2n) is 9.25. The predicted molar refractivity (Wildman–Crippen MR) is 146 cm³/mol. The summed E-state index contributed by atoms with van der Waals surface area (Å²) in [7, 11) is 1.59. The Morgan fingerprint density at radius 2 is 1.56 bits per heavy atom. The third-order valence-corrected chi connectivity index (χ3v) is 6.48. The smallest absolute Gasteiger partial charge is 0.227 e. The Morgan fingerprint density at radius 1 is 0.846 bits per heavy atom. The van der Waals surface area contributed by atoms with Gasteiger partial charge in [-0.1, -0.05) is 66.7 Å². The summed E-state index contributed by atoms with van der Waals surface area (Å²) in [6, 6.07) is 26.5. The van der Waals surface area contributed by atoms with Crippen LogP contribution in [0.3, 0.4) is 0 Å². The van der Waals surface area contributed by atoms with Crippen molar-refractivity contribution in [2.45, 2.75) is 44.9 Å². The summed E-state index contributed by atoms with van der Waals surface area (Å²) in [4.78, 5) is 13.0. The molecule has 0 spiro atoms. The molecule has 0 bridgehead atoms. The molecule has 7 nitrogen and oxygen atoms in total. The Morgan fingerprint density at radius 3 is 2.23 bits per heavy atom. The highest BCUT2D eigenvalue weighted by Crippen LogP contribution is 2.38. The van der Waals surface area contributed by atoms with E-state index in [9.17, 15) is 4.79 Å². The Balaban J connectivity index is 1.46. The van der Waals surface area contributed by atoms with Gasteiger partial charge in [-0.2, -0.15) is 0 Å². The highest BCUT2D eigenvalue weighted by molar-refractivity contribution is 5.46. The minimum Gasteiger partial charge on any atom is -0.493 e. The fourth-order valence-corrected chi connectivity index (χ4v) is 4.44. The van der Waals surface area contributed by atoms with Crippen LogP contribution in [0.4, 0.5) is 0 Å². The quantitative estimate of drug-likeness (QED) is 0.222. The van der Waals surface area contributed by atoms with Crippen molar-refractivity contribution >= 4 is 0 Å². The number of benzene rings is 3. The molecule has 0 aliphatic carbocycles. The Kier molecular flexibility index (Phi) is 8.94. The van der Waals surface area contributed by atoms with Crippen LogP contribution in [0.2, 0.25) is 0 Å². The summed E-state index contributed by atoms with van der Waals surface area (Å²) in [5.74, 6) is 1.50. The molecule has 1 saturated heterocycles. The van der Waals surface area contributed by atoms with Crippen LogP contribution in [0.5, 0.6) is 17.2 Å². The van der Waals surface area contributed by atoms with Gasteiger partial charge in [-0.15, -0.1) is 0 Å². The third kappa shape index (κ3) is 6.88. The average Bonchev–Trinajstić information content (AvgIpc) is 3.00. The van der Waals surface area contributed by atoms with Gasteiger partial charge in [0.05, 0.1) is 13.4 Å². The first-order valence-corrected chi connectivity index (χ1v) is 13.1. The van der Waals surface area contributed by atoms with Crippen molar-refractivity contribution < 1.29 is 28.1 Å². The van der Waals surface area contributed by atoms with Gasteiger partial charge in [-0.25, -0.2) is 0 Å². The summed E-state index contributed by atoms with van der Waals surface area (Å²) in [6.07, 6.45) is 2.85. The van der Waals surface area contributed by atoms with Crippen molar-refractivity contribution in [3.63, 3.8) is 0 Å². The molecule has 1 fully saturated rings. The minimum absolute atomic E-state index is 0.102. The van der Waals surface area contributed by atoms with Gasteiger partial charge in [0.15, 0.2) is 23.5 Å². The molecule has 2 atom stereocenters. The van der Waals surface area contributed by atoms with Crippen molar-refractivity contribution in [2.75, 3.05) is 13.7 Å². The average molecular weight is 529 g/mol. The van der Waals surface area contributed by atoms with Gasteiger partial charge >= 0.3 is 0 Å². The zero-order chi connectivity index (χ0) is 26.9. The lowest BCUT2D eigenvalue weighted by molar-refractivity contribution is -0.184. The van der Waals surface area contributed by atoms with E-state index in [0.717, 1.165) is 30.4 Å². The van der Waals surface area contributed by atoms with E-state index in [0.29, 0.717) is 30.3 Å². The van der Waals surface area contributed by atoms with Crippen LogP contribution in [0.1, 0.15) is 47.8 Å². The number of hydrogen-bond donors (Lipinski definition) is 0. The maximum atomic E-state index is 13.0. The first-order valence-electron chi connectivity index (χ1n) is 13.1. The van der Waals surface area contributed by atoms with Gasteiger partial charge in [-0.05, 0) is 48.1 Å². The molecule has 4 aromatic rings. The van der Waals surface area contributed by atoms with E-state index in [1.807, 2.05) is 78.9 Å². The van der Waals surface area contributed by atoms with Gasteiger partial charge in [0.2, 0.25) is 11.2 Å². The Labute approximate surface area is 227 Å². The molecule has 1 aliphatic heterocycles. The van der Waals surface area contributed by atoms with Gasteiger partial charge in [-0.3, -0.25) is 4.79 Å². The zero-order valence-corrected chi connectivity index (χ0v) is 21.9.